The fourth-order valence-electron chi connectivity index (χ4n) is 1.71. The summed E-state index contributed by atoms with van der Waals surface area (Å²) in [5, 5.41) is 0. The van der Waals surface area contributed by atoms with E-state index in [9.17, 15) is 4.79 Å². The van der Waals surface area contributed by atoms with Gasteiger partial charge in [-0.3, -0.25) is 4.79 Å². The highest BCUT2D eigenvalue weighted by atomic mass is 35.5. The van der Waals surface area contributed by atoms with Gasteiger partial charge in [0.15, 0.2) is 0 Å². The summed E-state index contributed by atoms with van der Waals surface area (Å²) >= 11 is 5.63. The van der Waals surface area contributed by atoms with Crippen LogP contribution in [0.5, 0.6) is 0 Å². The lowest BCUT2D eigenvalue weighted by Gasteiger charge is -2.08. The van der Waals surface area contributed by atoms with E-state index >= 15 is 0 Å². The van der Waals surface area contributed by atoms with Gasteiger partial charge in [-0.2, -0.15) is 0 Å². The zero-order valence-corrected chi connectivity index (χ0v) is 9.65. The van der Waals surface area contributed by atoms with E-state index in [1.807, 2.05) is 24.3 Å². The average molecular weight is 237 g/mol. The number of benzene rings is 1. The summed E-state index contributed by atoms with van der Waals surface area (Å²) in [7, 11) is 0. The van der Waals surface area contributed by atoms with E-state index in [1.54, 1.807) is 4.57 Å². The number of rotatable bonds is 4. The third-order valence-electron chi connectivity index (χ3n) is 2.52. The van der Waals surface area contributed by atoms with E-state index in [-0.39, 0.29) is 5.56 Å². The van der Waals surface area contributed by atoms with Gasteiger partial charge in [-0.25, -0.2) is 4.98 Å². The molecule has 3 nitrogen and oxygen atoms in total. The molecule has 1 aromatic carbocycles. The smallest absolute Gasteiger partial charge is 0.269 e. The van der Waals surface area contributed by atoms with Crippen molar-refractivity contribution in [3.05, 3.63) is 40.8 Å². The first-order chi connectivity index (χ1) is 7.83. The fourth-order valence-corrected chi connectivity index (χ4v) is 1.90. The van der Waals surface area contributed by atoms with Gasteiger partial charge in [0.25, 0.3) is 5.56 Å². The van der Waals surface area contributed by atoms with Crippen LogP contribution < -0.4 is 5.56 Å². The molecule has 2 rings (SSSR count). The Morgan fingerprint density at radius 3 is 2.88 bits per heavy atom. The third-order valence-corrected chi connectivity index (χ3v) is 2.79. The third kappa shape index (κ3) is 2.25. The molecular formula is C12H13ClN2O. The van der Waals surface area contributed by atoms with Crippen molar-refractivity contribution in [1.82, 2.24) is 9.55 Å². The Labute approximate surface area is 98.7 Å². The molecule has 0 unspecified atom stereocenters. The molecule has 0 saturated heterocycles. The van der Waals surface area contributed by atoms with E-state index in [2.05, 4.69) is 4.98 Å². The molecule has 1 heterocycles. The monoisotopic (exact) mass is 236 g/mol. The maximum atomic E-state index is 11.7. The molecule has 0 spiro atoms. The fraction of sp³-hybridized carbons (Fsp3) is 0.333. The van der Waals surface area contributed by atoms with Gasteiger partial charge in [-0.1, -0.05) is 12.1 Å². The molecular weight excluding hydrogens is 224 g/mol. The van der Waals surface area contributed by atoms with Crippen LogP contribution in [0.25, 0.3) is 11.0 Å². The van der Waals surface area contributed by atoms with Crippen LogP contribution in [-0.2, 0) is 6.54 Å². The molecule has 0 N–H and O–H groups in total. The van der Waals surface area contributed by atoms with Gasteiger partial charge in [0.1, 0.15) is 0 Å². The van der Waals surface area contributed by atoms with Crippen LogP contribution in [0.3, 0.4) is 0 Å². The number of hydrogen-bond donors (Lipinski definition) is 0. The molecule has 0 aliphatic heterocycles. The van der Waals surface area contributed by atoms with Gasteiger partial charge < -0.3 is 4.57 Å². The van der Waals surface area contributed by atoms with Crippen LogP contribution in [0.2, 0.25) is 0 Å². The number of unbranched alkanes of at least 4 members (excludes halogenated alkanes) is 1. The molecule has 0 aliphatic rings. The minimum absolute atomic E-state index is 0.0479. The summed E-state index contributed by atoms with van der Waals surface area (Å²) in [6, 6.07) is 7.67. The second kappa shape index (κ2) is 5.12. The van der Waals surface area contributed by atoms with Crippen molar-refractivity contribution >= 4 is 22.6 Å². The molecule has 1 aromatic heterocycles. The van der Waals surface area contributed by atoms with E-state index in [4.69, 9.17) is 11.6 Å². The highest BCUT2D eigenvalue weighted by Gasteiger charge is 2.02. The van der Waals surface area contributed by atoms with Crippen molar-refractivity contribution < 1.29 is 0 Å². The van der Waals surface area contributed by atoms with E-state index in [1.165, 1.54) is 6.20 Å². The molecule has 0 saturated carbocycles. The normalized spacial score (nSPS) is 10.8. The van der Waals surface area contributed by atoms with Crippen LogP contribution >= 0.6 is 11.6 Å². The van der Waals surface area contributed by atoms with Crippen LogP contribution in [-0.4, -0.2) is 15.4 Å². The molecule has 0 atom stereocenters. The minimum atomic E-state index is -0.0479. The number of alkyl halides is 1. The Morgan fingerprint density at radius 2 is 2.06 bits per heavy atom. The average Bonchev–Trinajstić information content (AvgIpc) is 2.32. The Kier molecular flexibility index (Phi) is 3.57. The Morgan fingerprint density at radius 1 is 1.25 bits per heavy atom. The van der Waals surface area contributed by atoms with Crippen LogP contribution in [0.4, 0.5) is 0 Å². The molecule has 84 valence electrons. The largest absolute Gasteiger partial charge is 0.305 e. The highest BCUT2D eigenvalue weighted by molar-refractivity contribution is 6.17. The second-order valence-corrected chi connectivity index (χ2v) is 4.01. The Balaban J connectivity index is 2.41. The van der Waals surface area contributed by atoms with Crippen molar-refractivity contribution in [2.24, 2.45) is 0 Å². The lowest BCUT2D eigenvalue weighted by molar-refractivity contribution is 0.631. The van der Waals surface area contributed by atoms with Crippen LogP contribution in [0, 0.1) is 0 Å². The SMILES string of the molecule is O=c1cnc2ccccc2n1CCCCCl. The Hall–Kier alpha value is -1.35. The predicted molar refractivity (Wildman–Crippen MR) is 66.0 cm³/mol. The molecule has 0 fully saturated rings. The molecule has 0 bridgehead atoms. The van der Waals surface area contributed by atoms with Crippen LogP contribution in [0.15, 0.2) is 35.3 Å². The maximum Gasteiger partial charge on any atom is 0.269 e. The van der Waals surface area contributed by atoms with Gasteiger partial charge in [-0.05, 0) is 25.0 Å². The number of fused-ring (bicyclic) bond motifs is 1. The maximum absolute atomic E-state index is 11.7. The highest BCUT2D eigenvalue weighted by Crippen LogP contribution is 2.09. The van der Waals surface area contributed by atoms with Gasteiger partial charge in [-0.15, -0.1) is 11.6 Å². The number of nitrogens with zero attached hydrogens (tertiary/aromatic N) is 2. The first-order valence-corrected chi connectivity index (χ1v) is 5.87. The molecule has 0 aliphatic carbocycles. The number of halogens is 1. The van der Waals surface area contributed by atoms with Crippen LogP contribution in [0.1, 0.15) is 12.8 Å². The predicted octanol–water partition coefficient (Wildman–Crippen LogP) is 2.42. The van der Waals surface area contributed by atoms with E-state index < -0.39 is 0 Å². The van der Waals surface area contributed by atoms with Gasteiger partial charge >= 0.3 is 0 Å². The Bertz CT molecular complexity index is 536. The lowest BCUT2D eigenvalue weighted by Crippen LogP contribution is -2.20. The first-order valence-electron chi connectivity index (χ1n) is 5.33. The quantitative estimate of drug-likeness (QED) is 0.604. The summed E-state index contributed by atoms with van der Waals surface area (Å²) in [5.41, 5.74) is 1.70. The number of aryl methyl sites for hydroxylation is 1. The summed E-state index contributed by atoms with van der Waals surface area (Å²) in [5.74, 6) is 0.637. The van der Waals surface area contributed by atoms with Gasteiger partial charge in [0.05, 0.1) is 17.2 Å². The first kappa shape index (κ1) is 11.1. The summed E-state index contributed by atoms with van der Waals surface area (Å²) in [6.45, 7) is 0.703. The van der Waals surface area contributed by atoms with Gasteiger partial charge in [0, 0.05) is 12.4 Å². The molecule has 0 amide bonds. The lowest BCUT2D eigenvalue weighted by atomic mass is 10.2. The number of aromatic nitrogens is 2. The zero-order chi connectivity index (χ0) is 11.4. The topological polar surface area (TPSA) is 34.9 Å². The van der Waals surface area contributed by atoms with E-state index in [0.717, 1.165) is 23.9 Å². The summed E-state index contributed by atoms with van der Waals surface area (Å²) < 4.78 is 1.76. The minimum Gasteiger partial charge on any atom is -0.305 e. The van der Waals surface area contributed by atoms with Crippen molar-refractivity contribution in [2.45, 2.75) is 19.4 Å². The number of hydrogen-bond acceptors (Lipinski definition) is 2. The van der Waals surface area contributed by atoms with E-state index in [0.29, 0.717) is 12.4 Å². The van der Waals surface area contributed by atoms with Crippen molar-refractivity contribution in [3.8, 4) is 0 Å². The molecule has 0 radical (unpaired) electrons. The second-order valence-electron chi connectivity index (χ2n) is 3.63. The zero-order valence-electron chi connectivity index (χ0n) is 8.90. The van der Waals surface area contributed by atoms with Gasteiger partial charge in [0.2, 0.25) is 0 Å². The molecule has 2 aromatic rings. The summed E-state index contributed by atoms with van der Waals surface area (Å²) in [6.07, 6.45) is 3.21. The molecule has 16 heavy (non-hydrogen) atoms. The van der Waals surface area contributed by atoms with Crippen molar-refractivity contribution in [2.75, 3.05) is 5.88 Å². The van der Waals surface area contributed by atoms with Crippen molar-refractivity contribution in [3.63, 3.8) is 0 Å². The standard InChI is InChI=1S/C12H13ClN2O/c13-7-3-4-8-15-11-6-2-1-5-10(11)14-9-12(15)16/h1-2,5-6,9H,3-4,7-8H2. The molecule has 4 heteroatoms. The number of para-hydroxylation sites is 2. The summed E-state index contributed by atoms with van der Waals surface area (Å²) in [4.78, 5) is 15.8. The van der Waals surface area contributed by atoms with Crippen molar-refractivity contribution in [1.29, 1.82) is 0 Å².